The van der Waals surface area contributed by atoms with Gasteiger partial charge in [0.25, 0.3) is 0 Å². The van der Waals surface area contributed by atoms with Crippen LogP contribution in [0.25, 0.3) is 70.5 Å². The van der Waals surface area contributed by atoms with Gasteiger partial charge in [-0.1, -0.05) is 127 Å². The fourth-order valence-corrected chi connectivity index (χ4v) is 8.01. The largest absolute Gasteiger partial charge is 0.256 e. The van der Waals surface area contributed by atoms with Crippen LogP contribution in [0.2, 0.25) is 0 Å². The first-order valence-electron chi connectivity index (χ1n) is 17.7. The van der Waals surface area contributed by atoms with Gasteiger partial charge >= 0.3 is 0 Å². The summed E-state index contributed by atoms with van der Waals surface area (Å²) in [6, 6.07) is 54.5. The van der Waals surface area contributed by atoms with E-state index in [4.69, 9.17) is 9.98 Å². The van der Waals surface area contributed by atoms with E-state index >= 15 is 0 Å². The average Bonchev–Trinajstić information content (AvgIpc) is 3.19. The number of allylic oxidation sites excluding steroid dienone is 1. The van der Waals surface area contributed by atoms with Crippen LogP contribution in [0, 0.1) is 0 Å². The first-order chi connectivity index (χ1) is 25.2. The summed E-state index contributed by atoms with van der Waals surface area (Å²) in [5, 5.41) is 13.5. The van der Waals surface area contributed by atoms with Crippen molar-refractivity contribution in [2.45, 2.75) is 19.8 Å². The Hall–Kier alpha value is -6.45. The number of hydrogen-bond donors (Lipinski definition) is 0. The summed E-state index contributed by atoms with van der Waals surface area (Å²) in [5.74, 6) is 0.726. The van der Waals surface area contributed by atoms with Crippen LogP contribution in [-0.2, 0) is 0 Å². The Morgan fingerprint density at radius 2 is 1.04 bits per heavy atom. The molecule has 0 N–H and O–H groups in total. The Morgan fingerprint density at radius 3 is 1.82 bits per heavy atom. The van der Waals surface area contributed by atoms with Crippen molar-refractivity contribution in [2.24, 2.45) is 9.98 Å². The SMILES string of the molecule is C/C1=C(/c2ccc3c4ccccc4c4ccccc4c3c2)N=C(c2ccc3ccc4ccc5ncccc5c4c3c2)N=C(c2ccccc2)CC1. The molecule has 8 aromatic carbocycles. The van der Waals surface area contributed by atoms with Crippen molar-refractivity contribution in [3.63, 3.8) is 0 Å². The number of hydrogen-bond acceptors (Lipinski definition) is 3. The second-order valence-corrected chi connectivity index (χ2v) is 13.6. The van der Waals surface area contributed by atoms with E-state index in [9.17, 15) is 0 Å². The molecule has 0 amide bonds. The predicted molar refractivity (Wildman–Crippen MR) is 217 cm³/mol. The minimum atomic E-state index is 0.726. The maximum atomic E-state index is 5.53. The van der Waals surface area contributed by atoms with Crippen molar-refractivity contribution in [1.29, 1.82) is 0 Å². The van der Waals surface area contributed by atoms with Crippen molar-refractivity contribution in [2.75, 3.05) is 0 Å². The van der Waals surface area contributed by atoms with E-state index in [1.807, 2.05) is 12.3 Å². The van der Waals surface area contributed by atoms with Crippen molar-refractivity contribution >= 4 is 82.0 Å². The van der Waals surface area contributed by atoms with Crippen LogP contribution >= 0.6 is 0 Å². The standard InChI is InChI=1S/C48H33N3/c1-30-17-25-44(32-10-3-2-4-11-32)50-48(35-21-19-31-18-20-33-23-26-45-41(16-9-27-49-45)46(33)42(31)29-35)51-47(30)34-22-24-40-38-14-6-5-12-36(38)37-13-7-8-15-39(37)43(40)28-34/h2-16,18-24,26-29H,17,25H2,1H3/b47-30+,50-44?,51-48?. The van der Waals surface area contributed by atoms with Crippen LogP contribution in [0.15, 0.2) is 173 Å². The van der Waals surface area contributed by atoms with E-state index in [2.05, 4.69) is 158 Å². The van der Waals surface area contributed by atoms with Crippen LogP contribution in [0.5, 0.6) is 0 Å². The molecule has 0 aliphatic carbocycles. The zero-order chi connectivity index (χ0) is 33.9. The molecule has 2 heterocycles. The predicted octanol–water partition coefficient (Wildman–Crippen LogP) is 12.5. The van der Waals surface area contributed by atoms with Gasteiger partial charge in [-0.2, -0.15) is 0 Å². The number of aromatic nitrogens is 1. The molecule has 3 heteroatoms. The molecule has 0 unspecified atom stereocenters. The van der Waals surface area contributed by atoms with Crippen LogP contribution < -0.4 is 0 Å². The molecule has 0 atom stereocenters. The smallest absolute Gasteiger partial charge is 0.160 e. The number of pyridine rings is 1. The zero-order valence-electron chi connectivity index (χ0n) is 28.3. The highest BCUT2D eigenvalue weighted by atomic mass is 14.9. The number of rotatable bonds is 3. The van der Waals surface area contributed by atoms with Gasteiger partial charge in [-0.05, 0) is 109 Å². The van der Waals surface area contributed by atoms with Gasteiger partial charge in [-0.25, -0.2) is 9.98 Å². The summed E-state index contributed by atoms with van der Waals surface area (Å²) < 4.78 is 0. The monoisotopic (exact) mass is 651 g/mol. The molecule has 0 bridgehead atoms. The number of amidine groups is 1. The van der Waals surface area contributed by atoms with Crippen LogP contribution in [-0.4, -0.2) is 16.5 Å². The van der Waals surface area contributed by atoms with E-state index in [1.165, 1.54) is 59.4 Å². The van der Waals surface area contributed by atoms with Gasteiger partial charge in [0, 0.05) is 22.7 Å². The zero-order valence-corrected chi connectivity index (χ0v) is 28.3. The Labute approximate surface area is 296 Å². The van der Waals surface area contributed by atoms with E-state index in [0.29, 0.717) is 0 Å². The summed E-state index contributed by atoms with van der Waals surface area (Å²) in [6.45, 7) is 2.24. The Morgan fingerprint density at radius 1 is 0.431 bits per heavy atom. The van der Waals surface area contributed by atoms with Crippen molar-refractivity contribution in [1.82, 2.24) is 4.98 Å². The average molecular weight is 652 g/mol. The van der Waals surface area contributed by atoms with Crippen molar-refractivity contribution in [3.8, 4) is 0 Å². The molecule has 0 spiro atoms. The highest BCUT2D eigenvalue weighted by Gasteiger charge is 2.18. The molecule has 0 fully saturated rings. The third kappa shape index (κ3) is 4.93. The normalized spacial score (nSPS) is 15.4. The van der Waals surface area contributed by atoms with E-state index in [1.54, 1.807) is 0 Å². The maximum absolute atomic E-state index is 5.53. The number of benzene rings is 8. The van der Waals surface area contributed by atoms with Crippen molar-refractivity contribution < 1.29 is 0 Å². The Kier molecular flexibility index (Phi) is 6.85. The minimum absolute atomic E-state index is 0.726. The van der Waals surface area contributed by atoms with E-state index in [-0.39, 0.29) is 0 Å². The topological polar surface area (TPSA) is 37.6 Å². The first kappa shape index (κ1) is 29.5. The second kappa shape index (κ2) is 11.9. The minimum Gasteiger partial charge on any atom is -0.256 e. The molecule has 0 saturated heterocycles. The summed E-state index contributed by atoms with van der Waals surface area (Å²) in [6.07, 6.45) is 3.56. The lowest BCUT2D eigenvalue weighted by atomic mass is 9.92. The molecule has 1 aliphatic rings. The van der Waals surface area contributed by atoms with Crippen LogP contribution in [0.4, 0.5) is 0 Å². The lowest BCUT2D eigenvalue weighted by Crippen LogP contribution is -2.10. The Balaban J connectivity index is 1.22. The number of fused-ring (bicyclic) bond motifs is 11. The molecule has 10 rings (SSSR count). The van der Waals surface area contributed by atoms with Gasteiger partial charge < -0.3 is 0 Å². The van der Waals surface area contributed by atoms with Crippen molar-refractivity contribution in [3.05, 3.63) is 180 Å². The van der Waals surface area contributed by atoms with E-state index < -0.39 is 0 Å². The molecule has 1 aromatic heterocycles. The van der Waals surface area contributed by atoms with Crippen LogP contribution in [0.1, 0.15) is 36.5 Å². The molecule has 0 saturated carbocycles. The molecule has 51 heavy (non-hydrogen) atoms. The van der Waals surface area contributed by atoms with Gasteiger partial charge in [0.05, 0.1) is 16.9 Å². The first-order valence-corrected chi connectivity index (χ1v) is 17.7. The summed E-state index contributed by atoms with van der Waals surface area (Å²) >= 11 is 0. The summed E-state index contributed by atoms with van der Waals surface area (Å²) in [5.41, 5.74) is 7.53. The third-order valence-corrected chi connectivity index (χ3v) is 10.6. The molecule has 3 nitrogen and oxygen atoms in total. The second-order valence-electron chi connectivity index (χ2n) is 13.6. The third-order valence-electron chi connectivity index (χ3n) is 10.6. The number of nitrogens with zero attached hydrogens (tertiary/aromatic N) is 3. The highest BCUT2D eigenvalue weighted by molar-refractivity contribution is 6.26. The molecule has 0 radical (unpaired) electrons. The van der Waals surface area contributed by atoms with Crippen LogP contribution in [0.3, 0.4) is 0 Å². The molecular formula is C48H33N3. The maximum Gasteiger partial charge on any atom is 0.160 e. The van der Waals surface area contributed by atoms with Gasteiger partial charge in [0.2, 0.25) is 0 Å². The molecular weight excluding hydrogens is 619 g/mol. The quantitative estimate of drug-likeness (QED) is 0.175. The lowest BCUT2D eigenvalue weighted by Gasteiger charge is -2.18. The molecule has 9 aromatic rings. The van der Waals surface area contributed by atoms with Gasteiger partial charge in [-0.15, -0.1) is 0 Å². The summed E-state index contributed by atoms with van der Waals surface area (Å²) in [4.78, 5) is 15.6. The Bertz CT molecular complexity index is 2930. The van der Waals surface area contributed by atoms with Gasteiger partial charge in [0.1, 0.15) is 0 Å². The highest BCUT2D eigenvalue weighted by Crippen LogP contribution is 2.38. The number of aliphatic imine (C=N–C) groups is 2. The van der Waals surface area contributed by atoms with Gasteiger partial charge in [0.15, 0.2) is 5.84 Å². The summed E-state index contributed by atoms with van der Waals surface area (Å²) in [7, 11) is 0. The fraction of sp³-hybridized carbons (Fsp3) is 0.0625. The molecule has 1 aliphatic heterocycles. The molecule has 240 valence electrons. The van der Waals surface area contributed by atoms with Gasteiger partial charge in [-0.3, -0.25) is 4.98 Å². The van der Waals surface area contributed by atoms with E-state index in [0.717, 1.165) is 57.7 Å². The fourth-order valence-electron chi connectivity index (χ4n) is 8.01. The lowest BCUT2D eigenvalue weighted by molar-refractivity contribution is 1.00.